The van der Waals surface area contributed by atoms with Gasteiger partial charge in [0.2, 0.25) is 0 Å². The van der Waals surface area contributed by atoms with Gasteiger partial charge < -0.3 is 15.7 Å². The number of nitrogens with zero attached hydrogens (tertiary/aromatic N) is 2. The molecule has 1 saturated carbocycles. The topological polar surface area (TPSA) is 96.2 Å². The Labute approximate surface area is 220 Å². The average molecular weight is 515 g/mol. The molecule has 37 heavy (non-hydrogen) atoms. The van der Waals surface area contributed by atoms with E-state index in [0.717, 1.165) is 36.9 Å². The average Bonchev–Trinajstić information content (AvgIpc) is 3.60. The Morgan fingerprint density at radius 3 is 2.46 bits per heavy atom. The lowest BCUT2D eigenvalue weighted by Gasteiger charge is -2.12. The molecule has 2 amide bonds. The number of rotatable bonds is 6. The standard InChI is InChI=1S/C29H27ClN4O3/c30-24-13-7-6-12-22(24)28(36)32-21-14-15-27(35)23(16-21)25-17-26(20-10-4-5-11-20)34(33-25)29(37)31-18-19-8-2-1-3-9-19/h1-3,6-9,12-17,20,35H,4-5,10-11,18H2,(H,31,37)(H,32,36). The van der Waals surface area contributed by atoms with Gasteiger partial charge in [0, 0.05) is 23.7 Å². The minimum Gasteiger partial charge on any atom is -0.507 e. The lowest BCUT2D eigenvalue weighted by molar-refractivity contribution is 0.102. The molecule has 5 rings (SSSR count). The highest BCUT2D eigenvalue weighted by Crippen LogP contribution is 2.38. The summed E-state index contributed by atoms with van der Waals surface area (Å²) in [5, 5.41) is 21.4. The molecular formula is C29H27ClN4O3. The first-order valence-corrected chi connectivity index (χ1v) is 12.7. The predicted octanol–water partition coefficient (Wildman–Crippen LogP) is 6.58. The SMILES string of the molecule is O=C(Nc1ccc(O)c(-c2cc(C3CCCC3)n(C(=O)NCc3ccccc3)n2)c1)c1ccccc1Cl. The van der Waals surface area contributed by atoms with Crippen LogP contribution in [-0.2, 0) is 6.54 Å². The molecule has 0 aliphatic heterocycles. The Hall–Kier alpha value is -4.10. The molecule has 0 radical (unpaired) electrons. The highest BCUT2D eigenvalue weighted by molar-refractivity contribution is 6.34. The molecule has 4 aromatic rings. The Balaban J connectivity index is 1.43. The van der Waals surface area contributed by atoms with Gasteiger partial charge in [0.1, 0.15) is 5.75 Å². The zero-order valence-electron chi connectivity index (χ0n) is 20.2. The summed E-state index contributed by atoms with van der Waals surface area (Å²) in [4.78, 5) is 25.9. The fraction of sp³-hybridized carbons (Fsp3) is 0.207. The van der Waals surface area contributed by atoms with Crippen LogP contribution in [-0.4, -0.2) is 26.8 Å². The smallest absolute Gasteiger partial charge is 0.342 e. The first kappa shape index (κ1) is 24.6. The molecular weight excluding hydrogens is 488 g/mol. The Kier molecular flexibility index (Phi) is 7.23. The fourth-order valence-corrected chi connectivity index (χ4v) is 4.93. The molecule has 3 aromatic carbocycles. The number of phenols is 1. The summed E-state index contributed by atoms with van der Waals surface area (Å²) < 4.78 is 1.42. The van der Waals surface area contributed by atoms with Crippen molar-refractivity contribution in [3.63, 3.8) is 0 Å². The third-order valence-electron chi connectivity index (χ3n) is 6.64. The van der Waals surface area contributed by atoms with Crippen LogP contribution in [0.5, 0.6) is 5.75 Å². The number of carbonyl (C=O) groups is 2. The Bertz CT molecular complexity index is 1430. The predicted molar refractivity (Wildman–Crippen MR) is 144 cm³/mol. The highest BCUT2D eigenvalue weighted by atomic mass is 35.5. The molecule has 1 heterocycles. The molecule has 1 fully saturated rings. The maximum Gasteiger partial charge on any atom is 0.342 e. The van der Waals surface area contributed by atoms with E-state index in [-0.39, 0.29) is 23.6 Å². The van der Waals surface area contributed by atoms with Crippen LogP contribution in [0.3, 0.4) is 0 Å². The molecule has 0 spiro atoms. The van der Waals surface area contributed by atoms with E-state index >= 15 is 0 Å². The summed E-state index contributed by atoms with van der Waals surface area (Å²) in [5.41, 5.74) is 3.52. The number of aromatic hydroxyl groups is 1. The number of carbonyl (C=O) groups excluding carboxylic acids is 2. The van der Waals surface area contributed by atoms with E-state index in [4.69, 9.17) is 11.6 Å². The number of phenolic OH excluding ortho intramolecular Hbond substituents is 1. The van der Waals surface area contributed by atoms with Gasteiger partial charge in [0.05, 0.1) is 22.0 Å². The number of hydrogen-bond donors (Lipinski definition) is 3. The number of hydrogen-bond acceptors (Lipinski definition) is 4. The van der Waals surface area contributed by atoms with Gasteiger partial charge in [-0.25, -0.2) is 4.79 Å². The van der Waals surface area contributed by atoms with E-state index in [0.29, 0.717) is 34.1 Å². The van der Waals surface area contributed by atoms with Crippen molar-refractivity contribution in [3.05, 3.63) is 101 Å². The second-order valence-electron chi connectivity index (χ2n) is 9.16. The van der Waals surface area contributed by atoms with Crippen molar-refractivity contribution >= 4 is 29.2 Å². The van der Waals surface area contributed by atoms with Crippen molar-refractivity contribution in [1.29, 1.82) is 0 Å². The van der Waals surface area contributed by atoms with Crippen molar-refractivity contribution in [2.24, 2.45) is 0 Å². The summed E-state index contributed by atoms with van der Waals surface area (Å²) >= 11 is 6.16. The summed E-state index contributed by atoms with van der Waals surface area (Å²) in [7, 11) is 0. The van der Waals surface area contributed by atoms with E-state index in [1.165, 1.54) is 10.7 Å². The Morgan fingerprint density at radius 2 is 1.70 bits per heavy atom. The van der Waals surface area contributed by atoms with E-state index in [1.807, 2.05) is 36.4 Å². The molecule has 188 valence electrons. The number of nitrogens with one attached hydrogen (secondary N) is 2. The largest absolute Gasteiger partial charge is 0.507 e. The van der Waals surface area contributed by atoms with Gasteiger partial charge in [0.15, 0.2) is 0 Å². The Morgan fingerprint density at radius 1 is 0.973 bits per heavy atom. The third-order valence-corrected chi connectivity index (χ3v) is 6.97. The number of halogens is 1. The second kappa shape index (κ2) is 10.9. The number of anilines is 1. The quantitative estimate of drug-likeness (QED) is 0.253. The minimum absolute atomic E-state index is 0.00283. The van der Waals surface area contributed by atoms with Crippen molar-refractivity contribution in [3.8, 4) is 17.0 Å². The van der Waals surface area contributed by atoms with Gasteiger partial charge in [0.25, 0.3) is 5.91 Å². The molecule has 0 unspecified atom stereocenters. The van der Waals surface area contributed by atoms with Crippen LogP contribution in [0.25, 0.3) is 11.3 Å². The van der Waals surface area contributed by atoms with E-state index in [1.54, 1.807) is 36.4 Å². The van der Waals surface area contributed by atoms with Crippen LogP contribution in [0, 0.1) is 0 Å². The molecule has 0 bridgehead atoms. The van der Waals surface area contributed by atoms with Gasteiger partial charge >= 0.3 is 6.03 Å². The molecule has 0 saturated heterocycles. The van der Waals surface area contributed by atoms with Crippen molar-refractivity contribution < 1.29 is 14.7 Å². The van der Waals surface area contributed by atoms with Crippen LogP contribution in [0.15, 0.2) is 78.9 Å². The lowest BCUT2D eigenvalue weighted by Crippen LogP contribution is -2.30. The second-order valence-corrected chi connectivity index (χ2v) is 9.57. The summed E-state index contributed by atoms with van der Waals surface area (Å²) in [6, 6.07) is 22.8. The molecule has 0 atom stereocenters. The van der Waals surface area contributed by atoms with Gasteiger partial charge in [-0.05, 0) is 54.8 Å². The fourth-order valence-electron chi connectivity index (χ4n) is 4.71. The lowest BCUT2D eigenvalue weighted by atomic mass is 10.0. The normalized spacial score (nSPS) is 13.4. The van der Waals surface area contributed by atoms with E-state index < -0.39 is 0 Å². The molecule has 1 aliphatic carbocycles. The zero-order chi connectivity index (χ0) is 25.8. The molecule has 7 nitrogen and oxygen atoms in total. The molecule has 1 aromatic heterocycles. The van der Waals surface area contributed by atoms with Crippen LogP contribution in [0.2, 0.25) is 5.02 Å². The van der Waals surface area contributed by atoms with E-state index in [9.17, 15) is 14.7 Å². The number of amides is 2. The first-order chi connectivity index (χ1) is 18.0. The third kappa shape index (κ3) is 5.52. The van der Waals surface area contributed by atoms with Gasteiger partial charge in [-0.3, -0.25) is 4.79 Å². The van der Waals surface area contributed by atoms with Crippen LogP contribution in [0.4, 0.5) is 10.5 Å². The zero-order valence-corrected chi connectivity index (χ0v) is 20.9. The van der Waals surface area contributed by atoms with E-state index in [2.05, 4.69) is 15.7 Å². The molecule has 8 heteroatoms. The van der Waals surface area contributed by atoms with Gasteiger partial charge in [-0.2, -0.15) is 9.78 Å². The van der Waals surface area contributed by atoms with Crippen molar-refractivity contribution in [1.82, 2.24) is 15.1 Å². The first-order valence-electron chi connectivity index (χ1n) is 12.3. The maximum absolute atomic E-state index is 13.2. The summed E-state index contributed by atoms with van der Waals surface area (Å²) in [6.45, 7) is 0.383. The number of aromatic nitrogens is 2. The minimum atomic E-state index is -0.361. The van der Waals surface area contributed by atoms with Gasteiger partial charge in [-0.15, -0.1) is 0 Å². The van der Waals surface area contributed by atoms with Crippen molar-refractivity contribution in [2.45, 2.75) is 38.1 Å². The monoisotopic (exact) mass is 514 g/mol. The highest BCUT2D eigenvalue weighted by Gasteiger charge is 2.26. The van der Waals surface area contributed by atoms with Crippen LogP contribution in [0.1, 0.15) is 53.2 Å². The van der Waals surface area contributed by atoms with Crippen molar-refractivity contribution in [2.75, 3.05) is 5.32 Å². The van der Waals surface area contributed by atoms with Crippen LogP contribution >= 0.6 is 11.6 Å². The molecule has 1 aliphatic rings. The maximum atomic E-state index is 13.2. The molecule has 3 N–H and O–H groups in total. The van der Waals surface area contributed by atoms with Gasteiger partial charge in [-0.1, -0.05) is 66.9 Å². The summed E-state index contributed by atoms with van der Waals surface area (Å²) in [5.74, 6) is -0.142. The number of benzene rings is 3. The van der Waals surface area contributed by atoms with Crippen LogP contribution < -0.4 is 10.6 Å². The summed E-state index contributed by atoms with van der Waals surface area (Å²) in [6.07, 6.45) is 4.17.